The summed E-state index contributed by atoms with van der Waals surface area (Å²) in [6, 6.07) is 35.1. The van der Waals surface area contributed by atoms with E-state index >= 15 is 0 Å². The minimum Gasteiger partial charge on any atom is -0.305 e. The Morgan fingerprint density at radius 1 is 0.743 bits per heavy atom. The molecular formula is C32H28IrN2-2. The van der Waals surface area contributed by atoms with Crippen molar-refractivity contribution in [1.82, 2.24) is 9.97 Å². The molecule has 2 nitrogen and oxygen atoms in total. The van der Waals surface area contributed by atoms with Gasteiger partial charge in [0, 0.05) is 32.5 Å². The van der Waals surface area contributed by atoms with Crippen molar-refractivity contribution in [2.75, 3.05) is 0 Å². The topological polar surface area (TPSA) is 25.8 Å². The van der Waals surface area contributed by atoms with Gasteiger partial charge in [-0.25, -0.2) is 0 Å². The number of aromatic nitrogens is 2. The number of fused-ring (bicyclic) bond motifs is 1. The molecule has 2 heterocycles. The van der Waals surface area contributed by atoms with E-state index in [0.717, 1.165) is 33.5 Å². The monoisotopic (exact) mass is 633 g/mol. The minimum absolute atomic E-state index is 0. The normalized spacial score (nSPS) is 10.6. The van der Waals surface area contributed by atoms with Gasteiger partial charge in [-0.2, -0.15) is 0 Å². The molecule has 0 aliphatic heterocycles. The van der Waals surface area contributed by atoms with Gasteiger partial charge in [-0.1, -0.05) is 57.2 Å². The first-order chi connectivity index (χ1) is 16.5. The Morgan fingerprint density at radius 2 is 1.49 bits per heavy atom. The smallest absolute Gasteiger partial charge is 0.0167 e. The van der Waals surface area contributed by atoms with E-state index in [1.807, 2.05) is 66.9 Å². The van der Waals surface area contributed by atoms with Crippen molar-refractivity contribution in [3.63, 3.8) is 0 Å². The Labute approximate surface area is 222 Å². The minimum atomic E-state index is 0. The summed E-state index contributed by atoms with van der Waals surface area (Å²) in [7, 11) is 0. The molecule has 0 bridgehead atoms. The molecule has 0 amide bonds. The van der Waals surface area contributed by atoms with Gasteiger partial charge in [0.15, 0.2) is 0 Å². The summed E-state index contributed by atoms with van der Waals surface area (Å²) in [5.41, 5.74) is 6.56. The van der Waals surface area contributed by atoms with Crippen LogP contribution in [0.3, 0.4) is 0 Å². The number of pyridine rings is 2. The zero-order valence-electron chi connectivity index (χ0n) is 20.2. The molecule has 0 unspecified atom stereocenters. The maximum Gasteiger partial charge on any atom is 0.0167 e. The molecule has 0 aliphatic rings. The zero-order chi connectivity index (χ0) is 24.0. The van der Waals surface area contributed by atoms with Crippen molar-refractivity contribution in [1.29, 1.82) is 0 Å². The molecule has 177 valence electrons. The van der Waals surface area contributed by atoms with E-state index in [2.05, 4.69) is 79.8 Å². The van der Waals surface area contributed by atoms with E-state index in [9.17, 15) is 0 Å². The fraction of sp³-hybridized carbons (Fsp3) is 0.125. The molecule has 0 aliphatic carbocycles. The van der Waals surface area contributed by atoms with E-state index < -0.39 is 0 Å². The molecule has 2 aromatic heterocycles. The van der Waals surface area contributed by atoms with E-state index in [0.29, 0.717) is 0 Å². The van der Waals surface area contributed by atoms with Crippen molar-refractivity contribution in [2.45, 2.75) is 26.2 Å². The molecule has 5 aromatic rings. The van der Waals surface area contributed by atoms with Crippen LogP contribution in [0.15, 0.2) is 104 Å². The standard InChI is InChI=1S/C17H12N.C15H16N.Ir/c1-2-13-7-9-15(10-8-13)17-16-6-4-3-5-14(16)11-12-18-17;1-15(2,3)13-9-7-12(8-10-13)14-6-4-5-11-16-14;/h2-9,11-12H,1H2;4-7,9-11H,1-3H3;/q2*-1;. The van der Waals surface area contributed by atoms with Gasteiger partial charge < -0.3 is 9.97 Å². The average molecular weight is 633 g/mol. The molecule has 1 radical (unpaired) electrons. The second-order valence-electron chi connectivity index (χ2n) is 9.08. The zero-order valence-corrected chi connectivity index (χ0v) is 22.6. The van der Waals surface area contributed by atoms with Crippen LogP contribution < -0.4 is 0 Å². The van der Waals surface area contributed by atoms with Crippen LogP contribution in [0.1, 0.15) is 31.9 Å². The third-order valence-electron chi connectivity index (χ3n) is 5.62. The maximum atomic E-state index is 4.48. The quantitative estimate of drug-likeness (QED) is 0.188. The van der Waals surface area contributed by atoms with Gasteiger partial charge >= 0.3 is 0 Å². The van der Waals surface area contributed by atoms with Gasteiger partial charge in [0.2, 0.25) is 0 Å². The number of hydrogen-bond acceptors (Lipinski definition) is 2. The van der Waals surface area contributed by atoms with Gasteiger partial charge in [-0.05, 0) is 39.7 Å². The summed E-state index contributed by atoms with van der Waals surface area (Å²) >= 11 is 0. The molecule has 0 saturated carbocycles. The van der Waals surface area contributed by atoms with Crippen LogP contribution in [0, 0.1) is 12.1 Å². The van der Waals surface area contributed by atoms with E-state index in [1.165, 1.54) is 10.9 Å². The first kappa shape index (κ1) is 26.2. The fourth-order valence-corrected chi connectivity index (χ4v) is 3.62. The number of hydrogen-bond donors (Lipinski definition) is 0. The molecule has 3 heteroatoms. The van der Waals surface area contributed by atoms with Gasteiger partial charge in [0.25, 0.3) is 0 Å². The van der Waals surface area contributed by atoms with Crippen LogP contribution in [0.4, 0.5) is 0 Å². The van der Waals surface area contributed by atoms with Crippen LogP contribution in [-0.2, 0) is 25.5 Å². The summed E-state index contributed by atoms with van der Waals surface area (Å²) in [6.07, 6.45) is 5.46. The molecule has 0 fully saturated rings. The predicted molar refractivity (Wildman–Crippen MR) is 143 cm³/mol. The van der Waals surface area contributed by atoms with Gasteiger partial charge in [0.05, 0.1) is 0 Å². The fourth-order valence-electron chi connectivity index (χ4n) is 3.62. The SMILES string of the molecule is C=Cc1c[c-]c(-c2nccc3ccccc23)cc1.CC(C)(C)c1c[c-]c(-c2ccccn2)cc1.[Ir]. The molecule has 35 heavy (non-hydrogen) atoms. The molecule has 0 atom stereocenters. The van der Waals surface area contributed by atoms with Crippen LogP contribution in [0.2, 0.25) is 0 Å². The summed E-state index contributed by atoms with van der Waals surface area (Å²) in [4.78, 5) is 8.79. The average Bonchev–Trinajstić information content (AvgIpc) is 2.89. The van der Waals surface area contributed by atoms with Crippen LogP contribution >= 0.6 is 0 Å². The van der Waals surface area contributed by atoms with E-state index in [-0.39, 0.29) is 25.5 Å². The van der Waals surface area contributed by atoms with Crippen LogP contribution in [-0.4, -0.2) is 9.97 Å². The Balaban J connectivity index is 0.000000192. The molecule has 0 saturated heterocycles. The molecule has 3 aromatic carbocycles. The molecular weight excluding hydrogens is 605 g/mol. The number of nitrogens with zero attached hydrogens (tertiary/aromatic N) is 2. The first-order valence-corrected chi connectivity index (χ1v) is 11.4. The summed E-state index contributed by atoms with van der Waals surface area (Å²) in [5, 5.41) is 2.35. The second kappa shape index (κ2) is 11.8. The van der Waals surface area contributed by atoms with E-state index in [4.69, 9.17) is 0 Å². The first-order valence-electron chi connectivity index (χ1n) is 11.4. The maximum absolute atomic E-state index is 4.48. The van der Waals surface area contributed by atoms with E-state index in [1.54, 1.807) is 6.20 Å². The molecule has 0 N–H and O–H groups in total. The molecule has 0 spiro atoms. The summed E-state index contributed by atoms with van der Waals surface area (Å²) in [5.74, 6) is 0. The summed E-state index contributed by atoms with van der Waals surface area (Å²) < 4.78 is 0. The van der Waals surface area contributed by atoms with Crippen molar-refractivity contribution in [3.05, 3.63) is 127 Å². The Morgan fingerprint density at radius 3 is 2.11 bits per heavy atom. The Hall–Kier alpha value is -3.39. The molecule has 5 rings (SSSR count). The summed E-state index contributed by atoms with van der Waals surface area (Å²) in [6.45, 7) is 10.4. The number of benzene rings is 3. The van der Waals surface area contributed by atoms with Crippen LogP contribution in [0.25, 0.3) is 39.4 Å². The van der Waals surface area contributed by atoms with Gasteiger partial charge in [-0.15, -0.1) is 83.4 Å². The van der Waals surface area contributed by atoms with Gasteiger partial charge in [0.1, 0.15) is 0 Å². The predicted octanol–water partition coefficient (Wildman–Crippen LogP) is 8.19. The Kier molecular flexibility index (Phi) is 8.87. The Bertz CT molecular complexity index is 1360. The van der Waals surface area contributed by atoms with Crippen LogP contribution in [0.5, 0.6) is 0 Å². The van der Waals surface area contributed by atoms with Crippen molar-refractivity contribution in [3.8, 4) is 22.5 Å². The third-order valence-corrected chi connectivity index (χ3v) is 5.62. The third kappa shape index (κ3) is 6.60. The van der Waals surface area contributed by atoms with Crippen molar-refractivity contribution in [2.24, 2.45) is 0 Å². The van der Waals surface area contributed by atoms with Crippen molar-refractivity contribution < 1.29 is 20.1 Å². The van der Waals surface area contributed by atoms with Crippen molar-refractivity contribution >= 4 is 16.8 Å². The van der Waals surface area contributed by atoms with Gasteiger partial charge in [-0.3, -0.25) is 0 Å². The number of rotatable bonds is 3. The second-order valence-corrected chi connectivity index (χ2v) is 9.08. The largest absolute Gasteiger partial charge is 0.305 e.